The Morgan fingerprint density at radius 2 is 1.96 bits per heavy atom. The maximum Gasteiger partial charge on any atom is 0.237 e. The molecule has 0 fully saturated rings. The lowest BCUT2D eigenvalue weighted by Gasteiger charge is -2.11. The van der Waals surface area contributed by atoms with Crippen molar-refractivity contribution in [3.8, 4) is 0 Å². The van der Waals surface area contributed by atoms with Gasteiger partial charge in [0.1, 0.15) is 0 Å². The first-order valence-electron chi connectivity index (χ1n) is 8.79. The number of anilines is 1. The highest BCUT2D eigenvalue weighted by molar-refractivity contribution is 8.00. The summed E-state index contributed by atoms with van der Waals surface area (Å²) in [5, 5.41) is 16.9. The van der Waals surface area contributed by atoms with Crippen molar-refractivity contribution in [2.75, 3.05) is 5.32 Å². The summed E-state index contributed by atoms with van der Waals surface area (Å²) in [6.07, 6.45) is 0. The average Bonchev–Trinajstić information content (AvgIpc) is 3.22. The summed E-state index contributed by atoms with van der Waals surface area (Å²) in [7, 11) is 1.75. The molecule has 1 N–H and O–H groups in total. The number of carbonyl (C=O) groups excluding carboxylic acids is 1. The minimum atomic E-state index is -0.317. The zero-order chi connectivity index (χ0) is 19.0. The Kier molecular flexibility index (Phi) is 4.57. The van der Waals surface area contributed by atoms with Crippen LogP contribution in [-0.2, 0) is 18.4 Å². The number of nitrogens with zero attached hydrogens (tertiary/aromatic N) is 5. The molecule has 1 atom stereocenters. The van der Waals surface area contributed by atoms with Crippen molar-refractivity contribution < 1.29 is 4.79 Å². The zero-order valence-electron chi connectivity index (χ0n) is 15.4. The van der Waals surface area contributed by atoms with Crippen molar-refractivity contribution in [1.29, 1.82) is 0 Å². The number of benzene rings is 2. The van der Waals surface area contributed by atoms with E-state index in [1.165, 1.54) is 28.2 Å². The van der Waals surface area contributed by atoms with Crippen LogP contribution >= 0.6 is 11.8 Å². The molecule has 0 radical (unpaired) electrons. The topological polar surface area (TPSA) is 77.6 Å². The number of thioether (sulfide) groups is 1. The molecule has 27 heavy (non-hydrogen) atoms. The van der Waals surface area contributed by atoms with E-state index in [4.69, 9.17) is 0 Å². The first-order chi connectivity index (χ1) is 13.1. The molecule has 0 spiro atoms. The first kappa shape index (κ1) is 17.5. The lowest BCUT2D eigenvalue weighted by molar-refractivity contribution is -0.115. The maximum absolute atomic E-state index is 12.6. The van der Waals surface area contributed by atoms with Crippen LogP contribution in [0.1, 0.15) is 13.8 Å². The Balaban J connectivity index is 1.61. The molecule has 0 saturated carbocycles. The number of amides is 1. The van der Waals surface area contributed by atoms with Crippen LogP contribution in [0.3, 0.4) is 0 Å². The molecule has 0 aliphatic heterocycles. The molecular formula is C19H20N6OS. The number of fused-ring (bicyclic) bond motifs is 3. The molecule has 0 saturated heterocycles. The molecular weight excluding hydrogens is 360 g/mol. The van der Waals surface area contributed by atoms with Crippen molar-refractivity contribution in [3.05, 3.63) is 42.5 Å². The van der Waals surface area contributed by atoms with E-state index in [0.717, 1.165) is 17.6 Å². The summed E-state index contributed by atoms with van der Waals surface area (Å²) in [6, 6.07) is 14.4. The standard InChI is InChI=1S/C19H20N6OS/c1-4-25-16-8-6-5-7-14(16)15-11-13(9-10-17(15)25)20-18(26)12(2)27-19-21-22-23-24(19)3/h5-12H,4H2,1-3H3,(H,20,26)/t12-/m1/s1. The van der Waals surface area contributed by atoms with Crippen molar-refractivity contribution in [2.45, 2.75) is 30.8 Å². The van der Waals surface area contributed by atoms with Crippen molar-refractivity contribution in [2.24, 2.45) is 7.05 Å². The van der Waals surface area contributed by atoms with Crippen LogP contribution < -0.4 is 5.32 Å². The van der Waals surface area contributed by atoms with E-state index >= 15 is 0 Å². The van der Waals surface area contributed by atoms with Gasteiger partial charge in [0.05, 0.1) is 5.25 Å². The van der Waals surface area contributed by atoms with E-state index in [1.54, 1.807) is 11.7 Å². The molecule has 0 aliphatic carbocycles. The number of rotatable bonds is 5. The zero-order valence-corrected chi connectivity index (χ0v) is 16.2. The number of carbonyl (C=O) groups is 1. The first-order valence-corrected chi connectivity index (χ1v) is 9.67. The van der Waals surface area contributed by atoms with Gasteiger partial charge in [-0.15, -0.1) is 5.10 Å². The summed E-state index contributed by atoms with van der Waals surface area (Å²) < 4.78 is 3.84. The molecule has 0 unspecified atom stereocenters. The summed E-state index contributed by atoms with van der Waals surface area (Å²) in [5.41, 5.74) is 3.16. The van der Waals surface area contributed by atoms with E-state index < -0.39 is 0 Å². The second kappa shape index (κ2) is 7.03. The summed E-state index contributed by atoms with van der Waals surface area (Å²) >= 11 is 1.33. The van der Waals surface area contributed by atoms with Crippen LogP contribution in [-0.4, -0.2) is 35.9 Å². The van der Waals surface area contributed by atoms with Gasteiger partial charge in [0, 0.05) is 41.1 Å². The molecule has 2 aromatic carbocycles. The minimum Gasteiger partial charge on any atom is -0.341 e. The number of tetrazole rings is 1. The third kappa shape index (κ3) is 3.16. The highest BCUT2D eigenvalue weighted by atomic mass is 32.2. The van der Waals surface area contributed by atoms with Crippen molar-refractivity contribution in [3.63, 3.8) is 0 Å². The average molecular weight is 380 g/mol. The number of aromatic nitrogens is 5. The Morgan fingerprint density at radius 3 is 2.70 bits per heavy atom. The quantitative estimate of drug-likeness (QED) is 0.537. The number of hydrogen-bond donors (Lipinski definition) is 1. The smallest absolute Gasteiger partial charge is 0.237 e. The van der Waals surface area contributed by atoms with Gasteiger partial charge in [-0.25, -0.2) is 4.68 Å². The van der Waals surface area contributed by atoms with Gasteiger partial charge in [-0.3, -0.25) is 4.79 Å². The summed E-state index contributed by atoms with van der Waals surface area (Å²) in [4.78, 5) is 12.6. The van der Waals surface area contributed by atoms with Gasteiger partial charge in [-0.05, 0) is 48.5 Å². The molecule has 2 aromatic heterocycles. The molecule has 4 aromatic rings. The fraction of sp³-hybridized carbons (Fsp3) is 0.263. The van der Waals surface area contributed by atoms with Crippen LogP contribution in [0.2, 0.25) is 0 Å². The second-order valence-corrected chi connectivity index (χ2v) is 7.64. The molecule has 8 heteroatoms. The lowest BCUT2D eigenvalue weighted by atomic mass is 10.1. The number of nitrogens with one attached hydrogen (secondary N) is 1. The number of para-hydroxylation sites is 1. The maximum atomic E-state index is 12.6. The van der Waals surface area contributed by atoms with Crippen LogP contribution in [0.4, 0.5) is 5.69 Å². The van der Waals surface area contributed by atoms with Crippen LogP contribution in [0.15, 0.2) is 47.6 Å². The van der Waals surface area contributed by atoms with Crippen LogP contribution in [0, 0.1) is 0 Å². The third-order valence-corrected chi connectivity index (χ3v) is 5.71. The molecule has 138 valence electrons. The van der Waals surface area contributed by atoms with Crippen molar-refractivity contribution in [1.82, 2.24) is 24.8 Å². The van der Waals surface area contributed by atoms with Gasteiger partial charge >= 0.3 is 0 Å². The number of hydrogen-bond acceptors (Lipinski definition) is 5. The highest BCUT2D eigenvalue weighted by Gasteiger charge is 2.18. The Bertz CT molecular complexity index is 1130. The van der Waals surface area contributed by atoms with Gasteiger partial charge in [0.2, 0.25) is 11.1 Å². The second-order valence-electron chi connectivity index (χ2n) is 6.33. The van der Waals surface area contributed by atoms with E-state index in [-0.39, 0.29) is 11.2 Å². The predicted molar refractivity (Wildman–Crippen MR) is 108 cm³/mol. The summed E-state index contributed by atoms with van der Waals surface area (Å²) in [6.45, 7) is 4.88. The summed E-state index contributed by atoms with van der Waals surface area (Å²) in [5.74, 6) is -0.0819. The van der Waals surface area contributed by atoms with E-state index in [2.05, 4.69) is 56.6 Å². The monoisotopic (exact) mass is 380 g/mol. The molecule has 2 heterocycles. The van der Waals surface area contributed by atoms with Crippen LogP contribution in [0.25, 0.3) is 21.8 Å². The molecule has 0 bridgehead atoms. The molecule has 4 rings (SSSR count). The molecule has 7 nitrogen and oxygen atoms in total. The predicted octanol–water partition coefficient (Wildman–Crippen LogP) is 3.46. The number of aryl methyl sites for hydroxylation is 2. The van der Waals surface area contributed by atoms with Gasteiger partial charge in [0.15, 0.2) is 0 Å². The largest absolute Gasteiger partial charge is 0.341 e. The van der Waals surface area contributed by atoms with E-state index in [0.29, 0.717) is 5.16 Å². The SMILES string of the molecule is CCn1c2ccccc2c2cc(NC(=O)[C@@H](C)Sc3nnnn3C)ccc21. The van der Waals surface area contributed by atoms with Crippen LogP contribution in [0.5, 0.6) is 0 Å². The van der Waals surface area contributed by atoms with Gasteiger partial charge in [-0.2, -0.15) is 0 Å². The van der Waals surface area contributed by atoms with Gasteiger partial charge < -0.3 is 9.88 Å². The highest BCUT2D eigenvalue weighted by Crippen LogP contribution is 2.31. The fourth-order valence-electron chi connectivity index (χ4n) is 3.25. The normalized spacial score (nSPS) is 12.6. The molecule has 1 amide bonds. The Morgan fingerprint density at radius 1 is 1.19 bits per heavy atom. The Hall–Kier alpha value is -2.87. The van der Waals surface area contributed by atoms with E-state index in [9.17, 15) is 4.79 Å². The van der Waals surface area contributed by atoms with Gasteiger partial charge in [0.25, 0.3) is 0 Å². The van der Waals surface area contributed by atoms with Crippen molar-refractivity contribution >= 4 is 45.2 Å². The van der Waals surface area contributed by atoms with Gasteiger partial charge in [-0.1, -0.05) is 30.0 Å². The fourth-order valence-corrected chi connectivity index (χ4v) is 4.00. The van der Waals surface area contributed by atoms with E-state index in [1.807, 2.05) is 25.1 Å². The third-order valence-electron chi connectivity index (χ3n) is 4.59. The molecule has 0 aliphatic rings. The minimum absolute atomic E-state index is 0.0819. The lowest BCUT2D eigenvalue weighted by Crippen LogP contribution is -2.22. The Labute approximate surface area is 160 Å².